The van der Waals surface area contributed by atoms with Crippen LogP contribution in [0.25, 0.3) is 23.1 Å². The number of nitrogens with zero attached hydrogens (tertiary/aromatic N) is 1. The zero-order valence-corrected chi connectivity index (χ0v) is 12.5. The molecule has 4 heteroatoms. The van der Waals surface area contributed by atoms with Crippen molar-refractivity contribution in [3.8, 4) is 11.5 Å². The number of hydrogen-bond acceptors (Lipinski definition) is 3. The molecular weight excluding hydrogens is 298 g/mol. The molecule has 2 heterocycles. The number of hydrogen-bond donors (Lipinski definition) is 0. The van der Waals surface area contributed by atoms with Gasteiger partial charge in [-0.25, -0.2) is 0 Å². The molecule has 3 aromatic rings. The summed E-state index contributed by atoms with van der Waals surface area (Å²) < 4.78 is 10.7. The Morgan fingerprint density at radius 1 is 0.909 bits per heavy atom. The van der Waals surface area contributed by atoms with E-state index >= 15 is 0 Å². The van der Waals surface area contributed by atoms with E-state index in [0.717, 1.165) is 33.5 Å². The summed E-state index contributed by atoms with van der Waals surface area (Å²) in [6.45, 7) is 0.303. The lowest BCUT2D eigenvalue weighted by Gasteiger charge is -2.01. The normalized spacial score (nSPS) is 12.5. The third kappa shape index (κ3) is 2.63. The first-order valence-electron chi connectivity index (χ1n) is 6.82. The number of pyridine rings is 1. The molecule has 0 saturated heterocycles. The minimum Gasteiger partial charge on any atom is -0.454 e. The van der Waals surface area contributed by atoms with Crippen molar-refractivity contribution in [3.63, 3.8) is 0 Å². The van der Waals surface area contributed by atoms with Crippen LogP contribution in [0.4, 0.5) is 0 Å². The molecule has 0 saturated carbocycles. The fourth-order valence-electron chi connectivity index (χ4n) is 2.47. The third-order valence-corrected chi connectivity index (χ3v) is 3.53. The largest absolute Gasteiger partial charge is 0.454 e. The Morgan fingerprint density at radius 3 is 2.73 bits per heavy atom. The Balaban J connectivity index is 0.00000144. The van der Waals surface area contributed by atoms with Crippen molar-refractivity contribution in [1.82, 2.24) is 4.98 Å². The summed E-state index contributed by atoms with van der Waals surface area (Å²) in [7, 11) is 0. The van der Waals surface area contributed by atoms with Crippen LogP contribution in [-0.4, -0.2) is 11.8 Å². The molecule has 0 radical (unpaired) electrons. The molecule has 0 spiro atoms. The molecule has 110 valence electrons. The Bertz CT molecular complexity index is 840. The fourth-order valence-corrected chi connectivity index (χ4v) is 2.47. The minimum atomic E-state index is 0. The smallest absolute Gasteiger partial charge is 0.231 e. The average molecular weight is 312 g/mol. The summed E-state index contributed by atoms with van der Waals surface area (Å²) in [5.41, 5.74) is 3.24. The third-order valence-electron chi connectivity index (χ3n) is 3.53. The van der Waals surface area contributed by atoms with Gasteiger partial charge in [-0.05, 0) is 35.4 Å². The second kappa shape index (κ2) is 6.08. The molecule has 1 aromatic heterocycles. The highest BCUT2D eigenvalue weighted by atomic mass is 35.5. The lowest BCUT2D eigenvalue weighted by molar-refractivity contribution is 0.174. The van der Waals surface area contributed by atoms with Crippen molar-refractivity contribution in [3.05, 3.63) is 65.9 Å². The van der Waals surface area contributed by atoms with Crippen LogP contribution in [0.2, 0.25) is 0 Å². The van der Waals surface area contributed by atoms with Gasteiger partial charge in [-0.3, -0.25) is 4.98 Å². The van der Waals surface area contributed by atoms with Gasteiger partial charge in [0, 0.05) is 11.6 Å². The maximum absolute atomic E-state index is 5.40. The van der Waals surface area contributed by atoms with Crippen molar-refractivity contribution in [2.24, 2.45) is 0 Å². The van der Waals surface area contributed by atoms with Crippen LogP contribution in [0.15, 0.2) is 54.7 Å². The maximum Gasteiger partial charge on any atom is 0.231 e. The highest BCUT2D eigenvalue weighted by molar-refractivity contribution is 5.90. The molecule has 0 fully saturated rings. The first kappa shape index (κ1) is 14.4. The van der Waals surface area contributed by atoms with E-state index in [4.69, 9.17) is 9.47 Å². The van der Waals surface area contributed by atoms with E-state index in [1.165, 1.54) is 0 Å². The number of aromatic nitrogens is 1. The Labute approximate surface area is 134 Å². The summed E-state index contributed by atoms with van der Waals surface area (Å²) in [6.07, 6.45) is 6.01. The van der Waals surface area contributed by atoms with Gasteiger partial charge in [-0.2, -0.15) is 0 Å². The van der Waals surface area contributed by atoms with Gasteiger partial charge in [0.25, 0.3) is 0 Å². The summed E-state index contributed by atoms with van der Waals surface area (Å²) in [5, 5.41) is 1.15. The second-order valence-electron chi connectivity index (χ2n) is 4.86. The quantitative estimate of drug-likeness (QED) is 0.695. The van der Waals surface area contributed by atoms with E-state index in [9.17, 15) is 0 Å². The van der Waals surface area contributed by atoms with Crippen LogP contribution in [0, 0.1) is 0 Å². The van der Waals surface area contributed by atoms with Gasteiger partial charge in [-0.15, -0.1) is 12.4 Å². The van der Waals surface area contributed by atoms with Gasteiger partial charge in [0.15, 0.2) is 11.5 Å². The monoisotopic (exact) mass is 311 g/mol. The molecule has 0 bridgehead atoms. The zero-order chi connectivity index (χ0) is 14.1. The van der Waals surface area contributed by atoms with Crippen LogP contribution in [0.1, 0.15) is 11.1 Å². The molecule has 0 atom stereocenters. The SMILES string of the molecule is C(=Cc1ccnc2ccccc12)c1ccc2c(c1)OCO2.Cl. The van der Waals surface area contributed by atoms with E-state index < -0.39 is 0 Å². The molecule has 3 nitrogen and oxygen atoms in total. The van der Waals surface area contributed by atoms with Crippen LogP contribution >= 0.6 is 12.4 Å². The van der Waals surface area contributed by atoms with Gasteiger partial charge in [0.2, 0.25) is 6.79 Å². The standard InChI is InChI=1S/C18H13NO2.ClH/c1-2-4-16-15(3-1)14(9-10-19-16)7-5-13-6-8-17-18(11-13)21-12-20-17;/h1-11H,12H2;1H. The lowest BCUT2D eigenvalue weighted by atomic mass is 10.1. The summed E-state index contributed by atoms with van der Waals surface area (Å²) in [4.78, 5) is 4.37. The predicted octanol–water partition coefficient (Wildman–Crippen LogP) is 4.56. The molecule has 22 heavy (non-hydrogen) atoms. The Morgan fingerprint density at radius 2 is 1.77 bits per heavy atom. The Hall–Kier alpha value is -2.52. The van der Waals surface area contributed by atoms with Gasteiger partial charge < -0.3 is 9.47 Å². The molecule has 0 N–H and O–H groups in total. The minimum absolute atomic E-state index is 0. The van der Waals surface area contributed by atoms with Crippen LogP contribution in [0.3, 0.4) is 0 Å². The first-order valence-corrected chi connectivity index (χ1v) is 6.82. The summed E-state index contributed by atoms with van der Waals surface area (Å²) >= 11 is 0. The van der Waals surface area contributed by atoms with Crippen molar-refractivity contribution in [2.45, 2.75) is 0 Å². The van der Waals surface area contributed by atoms with Gasteiger partial charge in [0.1, 0.15) is 0 Å². The van der Waals surface area contributed by atoms with E-state index in [-0.39, 0.29) is 12.4 Å². The number of fused-ring (bicyclic) bond motifs is 2. The fraction of sp³-hybridized carbons (Fsp3) is 0.0556. The maximum atomic E-state index is 5.40. The molecule has 0 aliphatic carbocycles. The highest BCUT2D eigenvalue weighted by Gasteiger charge is 2.12. The summed E-state index contributed by atoms with van der Waals surface area (Å²) in [6, 6.07) is 16.1. The molecular formula is C18H14ClNO2. The molecule has 2 aromatic carbocycles. The molecule has 0 unspecified atom stereocenters. The molecule has 0 amide bonds. The topological polar surface area (TPSA) is 31.4 Å². The zero-order valence-electron chi connectivity index (χ0n) is 11.7. The first-order chi connectivity index (χ1) is 10.4. The van der Waals surface area contributed by atoms with Crippen LogP contribution < -0.4 is 9.47 Å². The predicted molar refractivity (Wildman–Crippen MR) is 90.5 cm³/mol. The van der Waals surface area contributed by atoms with Crippen molar-refractivity contribution in [2.75, 3.05) is 6.79 Å². The van der Waals surface area contributed by atoms with Gasteiger partial charge in [0.05, 0.1) is 5.52 Å². The molecule has 1 aliphatic heterocycles. The van der Waals surface area contributed by atoms with Crippen molar-refractivity contribution >= 4 is 35.5 Å². The number of benzene rings is 2. The van der Waals surface area contributed by atoms with Crippen molar-refractivity contribution < 1.29 is 9.47 Å². The van der Waals surface area contributed by atoms with Gasteiger partial charge in [-0.1, -0.05) is 36.4 Å². The number of ether oxygens (including phenoxy) is 2. The van der Waals surface area contributed by atoms with Crippen LogP contribution in [0.5, 0.6) is 11.5 Å². The number of rotatable bonds is 2. The number of halogens is 1. The van der Waals surface area contributed by atoms with E-state index in [0.29, 0.717) is 6.79 Å². The molecule has 4 rings (SSSR count). The van der Waals surface area contributed by atoms with Crippen molar-refractivity contribution in [1.29, 1.82) is 0 Å². The van der Waals surface area contributed by atoms with Gasteiger partial charge >= 0.3 is 0 Å². The summed E-state index contributed by atoms with van der Waals surface area (Å²) in [5.74, 6) is 1.61. The Kier molecular flexibility index (Phi) is 3.98. The second-order valence-corrected chi connectivity index (χ2v) is 4.86. The number of para-hydroxylation sites is 1. The van der Waals surface area contributed by atoms with Crippen LogP contribution in [-0.2, 0) is 0 Å². The highest BCUT2D eigenvalue weighted by Crippen LogP contribution is 2.33. The molecule has 1 aliphatic rings. The van der Waals surface area contributed by atoms with E-state index in [1.807, 2.05) is 48.7 Å². The van der Waals surface area contributed by atoms with E-state index in [1.54, 1.807) is 0 Å². The van der Waals surface area contributed by atoms with E-state index in [2.05, 4.69) is 23.2 Å². The lowest BCUT2D eigenvalue weighted by Crippen LogP contribution is -1.92. The average Bonchev–Trinajstić information content (AvgIpc) is 3.00.